The molecule has 0 saturated heterocycles. The number of ether oxygens (including phenoxy) is 2. The molecule has 0 spiro atoms. The lowest BCUT2D eigenvalue weighted by atomic mass is 9.83. The highest BCUT2D eigenvalue weighted by atomic mass is 79.9. The Balaban J connectivity index is 1.57. The molecule has 186 valence electrons. The van der Waals surface area contributed by atoms with Crippen LogP contribution in [0.1, 0.15) is 41.6 Å². The number of hydrogen-bond donors (Lipinski definition) is 0. The van der Waals surface area contributed by atoms with Gasteiger partial charge < -0.3 is 9.47 Å². The summed E-state index contributed by atoms with van der Waals surface area (Å²) in [4.78, 5) is 19.7. The Morgan fingerprint density at radius 1 is 1.11 bits per heavy atom. The van der Waals surface area contributed by atoms with Gasteiger partial charge in [-0.2, -0.15) is 0 Å². The van der Waals surface area contributed by atoms with Crippen LogP contribution in [-0.2, 0) is 6.42 Å². The van der Waals surface area contributed by atoms with Gasteiger partial charge in [0.2, 0.25) is 0 Å². The Hall–Kier alpha value is -3.42. The molecule has 1 aromatic heterocycles. The molecular formula is C30H25BrN2O3S. The molecule has 4 aromatic rings. The van der Waals surface area contributed by atoms with Crippen molar-refractivity contribution in [1.82, 2.24) is 4.57 Å². The van der Waals surface area contributed by atoms with Gasteiger partial charge in [0.1, 0.15) is 0 Å². The molecule has 7 heteroatoms. The van der Waals surface area contributed by atoms with Crippen molar-refractivity contribution in [3.8, 4) is 11.5 Å². The molecule has 37 heavy (non-hydrogen) atoms. The Morgan fingerprint density at radius 3 is 2.68 bits per heavy atom. The van der Waals surface area contributed by atoms with E-state index in [1.54, 1.807) is 7.11 Å². The van der Waals surface area contributed by atoms with E-state index in [2.05, 4.69) is 52.3 Å². The Labute approximate surface area is 227 Å². The summed E-state index contributed by atoms with van der Waals surface area (Å²) in [5.74, 6) is 1.27. The molecule has 0 fully saturated rings. The minimum absolute atomic E-state index is 0.0352. The van der Waals surface area contributed by atoms with Gasteiger partial charge >= 0.3 is 0 Å². The number of rotatable bonds is 5. The number of fused-ring (bicyclic) bond motifs is 3. The molecule has 2 heterocycles. The average molecular weight is 574 g/mol. The predicted octanol–water partition coefficient (Wildman–Crippen LogP) is 5.49. The number of aromatic nitrogens is 1. The first-order chi connectivity index (χ1) is 18.1. The first-order valence-corrected chi connectivity index (χ1v) is 13.9. The van der Waals surface area contributed by atoms with Crippen LogP contribution in [0.3, 0.4) is 0 Å². The molecular weight excluding hydrogens is 548 g/mol. The van der Waals surface area contributed by atoms with Gasteiger partial charge in [-0.15, -0.1) is 0 Å². The van der Waals surface area contributed by atoms with E-state index < -0.39 is 0 Å². The van der Waals surface area contributed by atoms with Crippen molar-refractivity contribution in [2.45, 2.75) is 25.8 Å². The number of allylic oxidation sites excluding steroid dienone is 1. The number of benzene rings is 3. The van der Waals surface area contributed by atoms with Crippen LogP contribution >= 0.6 is 27.3 Å². The topological polar surface area (TPSA) is 52.8 Å². The van der Waals surface area contributed by atoms with E-state index in [1.165, 1.54) is 28.0 Å². The van der Waals surface area contributed by atoms with Crippen molar-refractivity contribution in [2.24, 2.45) is 4.99 Å². The highest BCUT2D eigenvalue weighted by Gasteiger charge is 2.32. The van der Waals surface area contributed by atoms with E-state index in [9.17, 15) is 4.79 Å². The molecule has 0 bridgehead atoms. The molecule has 1 aliphatic carbocycles. The van der Waals surface area contributed by atoms with E-state index in [1.807, 2.05) is 47.9 Å². The van der Waals surface area contributed by atoms with Crippen LogP contribution in [0.25, 0.3) is 11.8 Å². The zero-order valence-electron chi connectivity index (χ0n) is 20.5. The first-order valence-electron chi connectivity index (χ1n) is 12.3. The fraction of sp³-hybridized carbons (Fsp3) is 0.200. The maximum absolute atomic E-state index is 13.9. The third kappa shape index (κ3) is 4.16. The third-order valence-corrected chi connectivity index (χ3v) is 8.40. The minimum atomic E-state index is -0.176. The number of thiazole rings is 1. The van der Waals surface area contributed by atoms with E-state index in [0.29, 0.717) is 22.6 Å². The standard InChI is InChI=1S/C30H25BrN2O3S/c1-3-36-28-23(31)15-18(16-24(28)35-2)17-25-29(34)33-27(20-10-5-4-6-11-20)22-14-13-19-9-7-8-12-21(19)26(22)32-30(33)37-25/h4-12,15-17,27H,3,13-14H2,1-2H3. The van der Waals surface area contributed by atoms with E-state index >= 15 is 0 Å². The normalized spacial score (nSPS) is 16.5. The van der Waals surface area contributed by atoms with Gasteiger partial charge in [0.05, 0.1) is 34.5 Å². The summed E-state index contributed by atoms with van der Waals surface area (Å²) in [5.41, 5.74) is 6.60. The average Bonchev–Trinajstić information content (AvgIpc) is 3.23. The first kappa shape index (κ1) is 23.9. The van der Waals surface area contributed by atoms with Crippen molar-refractivity contribution in [2.75, 3.05) is 13.7 Å². The molecule has 0 amide bonds. The Kier molecular flexibility index (Phi) is 6.34. The van der Waals surface area contributed by atoms with E-state index in [-0.39, 0.29) is 11.6 Å². The summed E-state index contributed by atoms with van der Waals surface area (Å²) in [6.07, 6.45) is 3.73. The number of methoxy groups -OCH3 is 1. The summed E-state index contributed by atoms with van der Waals surface area (Å²) in [6.45, 7) is 2.46. The molecule has 0 radical (unpaired) electrons. The summed E-state index contributed by atoms with van der Waals surface area (Å²) in [5, 5.41) is 0. The predicted molar refractivity (Wildman–Crippen MR) is 151 cm³/mol. The summed E-state index contributed by atoms with van der Waals surface area (Å²) in [6, 6.07) is 22.4. The van der Waals surface area contributed by atoms with Gasteiger partial charge in [-0.05, 0) is 76.2 Å². The molecule has 1 unspecified atom stereocenters. The number of halogens is 1. The zero-order valence-corrected chi connectivity index (χ0v) is 22.9. The SMILES string of the molecule is CCOc1c(Br)cc(C=c2sc3n(c2=O)C(c2ccccc2)C2=C(N=3)c3ccccc3CC2)cc1OC. The second kappa shape index (κ2) is 9.80. The van der Waals surface area contributed by atoms with Gasteiger partial charge in [0.15, 0.2) is 16.3 Å². The highest BCUT2D eigenvalue weighted by molar-refractivity contribution is 9.10. The summed E-state index contributed by atoms with van der Waals surface area (Å²) in [7, 11) is 1.62. The smallest absolute Gasteiger partial charge is 0.271 e. The highest BCUT2D eigenvalue weighted by Crippen LogP contribution is 2.41. The molecule has 0 saturated carbocycles. The number of hydrogen-bond acceptors (Lipinski definition) is 5. The largest absolute Gasteiger partial charge is 0.493 e. The van der Waals surface area contributed by atoms with Crippen LogP contribution in [0.4, 0.5) is 0 Å². The van der Waals surface area contributed by atoms with Crippen LogP contribution in [0, 0.1) is 0 Å². The summed E-state index contributed by atoms with van der Waals surface area (Å²) < 4.78 is 14.6. The van der Waals surface area contributed by atoms with Crippen molar-refractivity contribution in [1.29, 1.82) is 0 Å². The maximum Gasteiger partial charge on any atom is 0.271 e. The minimum Gasteiger partial charge on any atom is -0.493 e. The van der Waals surface area contributed by atoms with Gasteiger partial charge in [0.25, 0.3) is 5.56 Å². The molecule has 3 aromatic carbocycles. The molecule has 0 N–H and O–H groups in total. The van der Waals surface area contributed by atoms with Gasteiger partial charge in [-0.1, -0.05) is 65.9 Å². The lowest BCUT2D eigenvalue weighted by Crippen LogP contribution is -2.38. The van der Waals surface area contributed by atoms with Gasteiger partial charge in [0, 0.05) is 5.56 Å². The van der Waals surface area contributed by atoms with Crippen LogP contribution in [0.15, 0.2) is 86.6 Å². The maximum atomic E-state index is 13.9. The van der Waals surface area contributed by atoms with Crippen LogP contribution in [0.2, 0.25) is 0 Å². The van der Waals surface area contributed by atoms with Crippen LogP contribution in [0.5, 0.6) is 11.5 Å². The van der Waals surface area contributed by atoms with Crippen molar-refractivity contribution in [3.63, 3.8) is 0 Å². The molecule has 6 rings (SSSR count). The number of nitrogens with zero attached hydrogens (tertiary/aromatic N) is 2. The Bertz CT molecular complexity index is 1720. The van der Waals surface area contributed by atoms with E-state index in [4.69, 9.17) is 14.5 Å². The quantitative estimate of drug-likeness (QED) is 0.318. The molecule has 5 nitrogen and oxygen atoms in total. The third-order valence-electron chi connectivity index (χ3n) is 6.83. The van der Waals surface area contributed by atoms with Crippen molar-refractivity contribution in [3.05, 3.63) is 119 Å². The molecule has 1 atom stereocenters. The van der Waals surface area contributed by atoms with Crippen LogP contribution in [-0.4, -0.2) is 18.3 Å². The fourth-order valence-corrected chi connectivity index (χ4v) is 6.79. The molecule has 2 aliphatic rings. The van der Waals surface area contributed by atoms with Crippen molar-refractivity contribution < 1.29 is 9.47 Å². The lowest BCUT2D eigenvalue weighted by Gasteiger charge is -2.30. The van der Waals surface area contributed by atoms with Crippen molar-refractivity contribution >= 4 is 39.0 Å². The fourth-order valence-electron chi connectivity index (χ4n) is 5.22. The second-order valence-electron chi connectivity index (χ2n) is 8.99. The summed E-state index contributed by atoms with van der Waals surface area (Å²) >= 11 is 5.02. The Morgan fingerprint density at radius 2 is 1.89 bits per heavy atom. The zero-order chi connectivity index (χ0) is 25.5. The monoisotopic (exact) mass is 572 g/mol. The number of aryl methyl sites for hydroxylation is 1. The second-order valence-corrected chi connectivity index (χ2v) is 10.9. The van der Waals surface area contributed by atoms with Gasteiger partial charge in [-0.3, -0.25) is 9.36 Å². The van der Waals surface area contributed by atoms with Gasteiger partial charge in [-0.25, -0.2) is 4.99 Å². The van der Waals surface area contributed by atoms with E-state index in [0.717, 1.165) is 38.9 Å². The molecule has 1 aliphatic heterocycles. The lowest BCUT2D eigenvalue weighted by molar-refractivity contribution is 0.309. The van der Waals surface area contributed by atoms with Crippen LogP contribution < -0.4 is 24.4 Å².